The Hall–Kier alpha value is -4.32. The third-order valence-corrected chi connectivity index (χ3v) is 5.49. The van der Waals surface area contributed by atoms with Gasteiger partial charge in [0.25, 0.3) is 0 Å². The summed E-state index contributed by atoms with van der Waals surface area (Å²) < 4.78 is 54.7. The molecular formula is C28H16F4N2. The van der Waals surface area contributed by atoms with Crippen molar-refractivity contribution in [1.29, 1.82) is 0 Å². The number of aromatic nitrogens is 2. The molecule has 166 valence electrons. The van der Waals surface area contributed by atoms with Gasteiger partial charge in [-0.15, -0.1) is 0 Å². The molecule has 0 fully saturated rings. The van der Waals surface area contributed by atoms with Crippen molar-refractivity contribution in [3.8, 4) is 44.8 Å². The Morgan fingerprint density at radius 3 is 1.24 bits per heavy atom. The molecule has 0 unspecified atom stereocenters. The number of hydrogen-bond acceptors (Lipinski definition) is 2. The van der Waals surface area contributed by atoms with E-state index in [1.807, 2.05) is 36.4 Å². The standard InChI is InChI=1S/C28H16F4N2/c29-19-7-9-23(25(31)13-19)27-11-5-17(15-33-27)21-3-1-2-4-22(21)18-6-12-28(34-16-18)24-10-8-20(30)14-26(24)32/h1-16H. The molecule has 3 aromatic carbocycles. The van der Waals surface area contributed by atoms with Gasteiger partial charge in [0, 0.05) is 46.8 Å². The van der Waals surface area contributed by atoms with Crippen LogP contribution in [-0.2, 0) is 0 Å². The minimum Gasteiger partial charge on any atom is -0.256 e. The van der Waals surface area contributed by atoms with E-state index < -0.39 is 23.3 Å². The Morgan fingerprint density at radius 2 is 0.882 bits per heavy atom. The van der Waals surface area contributed by atoms with Crippen molar-refractivity contribution in [3.05, 3.63) is 121 Å². The van der Waals surface area contributed by atoms with Crippen molar-refractivity contribution >= 4 is 0 Å². The predicted octanol–water partition coefficient (Wildman–Crippen LogP) is 7.70. The van der Waals surface area contributed by atoms with Gasteiger partial charge in [-0.3, -0.25) is 9.97 Å². The van der Waals surface area contributed by atoms with E-state index in [-0.39, 0.29) is 11.1 Å². The van der Waals surface area contributed by atoms with Crippen molar-refractivity contribution in [1.82, 2.24) is 9.97 Å². The molecule has 5 aromatic rings. The van der Waals surface area contributed by atoms with Gasteiger partial charge in [0.05, 0.1) is 11.4 Å². The van der Waals surface area contributed by atoms with Crippen LogP contribution in [0.1, 0.15) is 0 Å². The zero-order valence-corrected chi connectivity index (χ0v) is 17.6. The van der Waals surface area contributed by atoms with E-state index in [1.54, 1.807) is 24.5 Å². The van der Waals surface area contributed by atoms with E-state index in [0.29, 0.717) is 11.4 Å². The molecule has 5 rings (SSSR count). The molecule has 0 N–H and O–H groups in total. The van der Waals surface area contributed by atoms with Crippen molar-refractivity contribution in [2.45, 2.75) is 0 Å². The number of hydrogen-bond donors (Lipinski definition) is 0. The van der Waals surface area contributed by atoms with Gasteiger partial charge in [-0.1, -0.05) is 36.4 Å². The lowest BCUT2D eigenvalue weighted by Gasteiger charge is -2.11. The second-order valence-electron chi connectivity index (χ2n) is 7.66. The van der Waals surface area contributed by atoms with Crippen LogP contribution in [-0.4, -0.2) is 9.97 Å². The first-order chi connectivity index (χ1) is 16.5. The average molecular weight is 456 g/mol. The molecule has 0 bridgehead atoms. The maximum atomic E-state index is 14.1. The van der Waals surface area contributed by atoms with Crippen LogP contribution < -0.4 is 0 Å². The maximum Gasteiger partial charge on any atom is 0.135 e. The smallest absolute Gasteiger partial charge is 0.135 e. The lowest BCUT2D eigenvalue weighted by molar-refractivity contribution is 0.584. The summed E-state index contributed by atoms with van der Waals surface area (Å²) in [5.41, 5.74) is 4.58. The molecule has 0 spiro atoms. The number of pyridine rings is 2. The molecule has 6 heteroatoms. The van der Waals surface area contributed by atoms with Gasteiger partial charge in [0.15, 0.2) is 0 Å². The topological polar surface area (TPSA) is 25.8 Å². The number of benzene rings is 3. The Kier molecular flexibility index (Phi) is 5.64. The second kappa shape index (κ2) is 8.90. The normalized spacial score (nSPS) is 10.9. The van der Waals surface area contributed by atoms with E-state index in [1.165, 1.54) is 24.3 Å². The van der Waals surface area contributed by atoms with Crippen molar-refractivity contribution in [2.75, 3.05) is 0 Å². The minimum absolute atomic E-state index is 0.217. The van der Waals surface area contributed by atoms with Crippen LogP contribution >= 0.6 is 0 Å². The zero-order valence-electron chi connectivity index (χ0n) is 17.6. The predicted molar refractivity (Wildman–Crippen MR) is 124 cm³/mol. The van der Waals surface area contributed by atoms with Gasteiger partial charge in [0.2, 0.25) is 0 Å². The number of rotatable bonds is 4. The summed E-state index contributed by atoms with van der Waals surface area (Å²) >= 11 is 0. The molecular weight excluding hydrogens is 440 g/mol. The lowest BCUT2D eigenvalue weighted by atomic mass is 9.95. The summed E-state index contributed by atoms with van der Waals surface area (Å²) in [6.07, 6.45) is 3.26. The SMILES string of the molecule is Fc1ccc(-c2ccc(-c3ccccc3-c3ccc(-c4ccc(F)cc4F)nc3)cn2)c(F)c1. The zero-order chi connectivity index (χ0) is 23.7. The number of nitrogens with zero attached hydrogens (tertiary/aromatic N) is 2. The van der Waals surface area contributed by atoms with Crippen LogP contribution in [0, 0.1) is 23.3 Å². The molecule has 0 radical (unpaired) electrons. The van der Waals surface area contributed by atoms with E-state index >= 15 is 0 Å². The van der Waals surface area contributed by atoms with E-state index in [0.717, 1.165) is 34.4 Å². The first-order valence-corrected chi connectivity index (χ1v) is 10.4. The quantitative estimate of drug-likeness (QED) is 0.259. The molecule has 0 saturated carbocycles. The highest BCUT2D eigenvalue weighted by molar-refractivity contribution is 5.83. The monoisotopic (exact) mass is 456 g/mol. The van der Waals surface area contributed by atoms with Crippen LogP contribution in [0.15, 0.2) is 97.3 Å². The lowest BCUT2D eigenvalue weighted by Crippen LogP contribution is -1.92. The Morgan fingerprint density at radius 1 is 0.441 bits per heavy atom. The van der Waals surface area contributed by atoms with Gasteiger partial charge in [0.1, 0.15) is 23.3 Å². The first kappa shape index (κ1) is 21.5. The summed E-state index contributed by atoms with van der Waals surface area (Å²) in [4.78, 5) is 8.74. The Balaban J connectivity index is 1.48. The van der Waals surface area contributed by atoms with Crippen LogP contribution in [0.2, 0.25) is 0 Å². The highest BCUT2D eigenvalue weighted by atomic mass is 19.1. The van der Waals surface area contributed by atoms with Gasteiger partial charge in [-0.05, 0) is 47.5 Å². The largest absolute Gasteiger partial charge is 0.256 e. The molecule has 34 heavy (non-hydrogen) atoms. The fourth-order valence-corrected chi connectivity index (χ4v) is 3.81. The fraction of sp³-hybridized carbons (Fsp3) is 0. The molecule has 2 nitrogen and oxygen atoms in total. The molecule has 0 aliphatic carbocycles. The first-order valence-electron chi connectivity index (χ1n) is 10.4. The van der Waals surface area contributed by atoms with Crippen LogP contribution in [0.5, 0.6) is 0 Å². The molecule has 0 atom stereocenters. The average Bonchev–Trinajstić information content (AvgIpc) is 2.85. The molecule has 2 aromatic heterocycles. The maximum absolute atomic E-state index is 14.1. The van der Waals surface area contributed by atoms with Crippen molar-refractivity contribution in [2.24, 2.45) is 0 Å². The number of halogens is 4. The van der Waals surface area contributed by atoms with E-state index in [9.17, 15) is 17.6 Å². The summed E-state index contributed by atoms with van der Waals surface area (Å²) in [6.45, 7) is 0. The Labute approximate surface area is 193 Å². The summed E-state index contributed by atoms with van der Waals surface area (Å²) in [6, 6.07) is 21.4. The van der Waals surface area contributed by atoms with Gasteiger partial charge < -0.3 is 0 Å². The summed E-state index contributed by atoms with van der Waals surface area (Å²) in [7, 11) is 0. The van der Waals surface area contributed by atoms with Crippen LogP contribution in [0.25, 0.3) is 44.8 Å². The van der Waals surface area contributed by atoms with Crippen LogP contribution in [0.3, 0.4) is 0 Å². The highest BCUT2D eigenvalue weighted by Crippen LogP contribution is 2.33. The van der Waals surface area contributed by atoms with Gasteiger partial charge in [-0.25, -0.2) is 17.6 Å². The molecule has 0 amide bonds. The highest BCUT2D eigenvalue weighted by Gasteiger charge is 2.12. The van der Waals surface area contributed by atoms with Crippen molar-refractivity contribution < 1.29 is 17.6 Å². The van der Waals surface area contributed by atoms with Crippen LogP contribution in [0.4, 0.5) is 17.6 Å². The van der Waals surface area contributed by atoms with Gasteiger partial charge in [-0.2, -0.15) is 0 Å². The third kappa shape index (κ3) is 4.18. The molecule has 2 heterocycles. The molecule has 0 aliphatic heterocycles. The molecule has 0 aliphatic rings. The molecule has 0 saturated heterocycles. The van der Waals surface area contributed by atoms with E-state index in [2.05, 4.69) is 9.97 Å². The van der Waals surface area contributed by atoms with E-state index in [4.69, 9.17) is 0 Å². The van der Waals surface area contributed by atoms with Crippen molar-refractivity contribution in [3.63, 3.8) is 0 Å². The third-order valence-electron chi connectivity index (χ3n) is 5.49. The summed E-state index contributed by atoms with van der Waals surface area (Å²) in [5, 5.41) is 0. The van der Waals surface area contributed by atoms with Gasteiger partial charge >= 0.3 is 0 Å². The summed E-state index contributed by atoms with van der Waals surface area (Å²) in [5.74, 6) is -2.64. The minimum atomic E-state index is -0.676. The Bertz CT molecular complexity index is 1370. The second-order valence-corrected chi connectivity index (χ2v) is 7.66. The fourth-order valence-electron chi connectivity index (χ4n) is 3.81.